The Balaban J connectivity index is 2.64. The Morgan fingerprint density at radius 3 is 2.55 bits per heavy atom. The lowest BCUT2D eigenvalue weighted by molar-refractivity contribution is -0.134. The van der Waals surface area contributed by atoms with Crippen LogP contribution < -0.4 is 15.8 Å². The highest BCUT2D eigenvalue weighted by atomic mass is 16.5. The van der Waals surface area contributed by atoms with Crippen LogP contribution in [0.3, 0.4) is 0 Å². The van der Waals surface area contributed by atoms with Gasteiger partial charge in [-0.2, -0.15) is 0 Å². The number of carbonyl (C=O) groups is 3. The van der Waals surface area contributed by atoms with Crippen molar-refractivity contribution in [1.82, 2.24) is 5.32 Å². The second-order valence-electron chi connectivity index (χ2n) is 5.05. The largest absolute Gasteiger partial charge is 0.484 e. The van der Waals surface area contributed by atoms with Gasteiger partial charge in [-0.15, -0.1) is 0 Å². The molecule has 120 valence electrons. The average molecular weight is 308 g/mol. The van der Waals surface area contributed by atoms with E-state index in [2.05, 4.69) is 5.32 Å². The lowest BCUT2D eigenvalue weighted by Gasteiger charge is -2.26. The summed E-state index contributed by atoms with van der Waals surface area (Å²) in [5.41, 5.74) is 4.43. The molecular weight excluding hydrogens is 288 g/mol. The first-order valence-electron chi connectivity index (χ1n) is 6.62. The van der Waals surface area contributed by atoms with Gasteiger partial charge in [-0.05, 0) is 26.0 Å². The molecule has 7 nitrogen and oxygen atoms in total. The quantitative estimate of drug-likeness (QED) is 0.670. The molecule has 0 spiro atoms. The third-order valence-electron chi connectivity index (χ3n) is 3.00. The first-order valence-corrected chi connectivity index (χ1v) is 6.62. The number of nitrogens with one attached hydrogen (secondary N) is 1. The number of Topliss-reactive ketones (excluding diaryl/α,β-unsaturated/α-hetero) is 1. The molecule has 1 atom stereocenters. The van der Waals surface area contributed by atoms with Gasteiger partial charge in [-0.3, -0.25) is 14.4 Å². The molecule has 3 N–H and O–H groups in total. The number of ketones is 1. The van der Waals surface area contributed by atoms with Crippen molar-refractivity contribution in [1.29, 1.82) is 0 Å². The number of rotatable bonds is 8. The lowest BCUT2D eigenvalue weighted by Crippen LogP contribution is -2.59. The molecule has 0 aliphatic carbocycles. The standard InChI is InChI=1S/C15H20N2O5/c1-10(18)11-5-4-6-12(7-11)22-8-13(19)17-15(2,9-21-3)14(16)20/h4-7H,8-9H2,1-3H3,(H2,16,20)(H,17,19)/t15-/m0/s1. The van der Waals surface area contributed by atoms with Crippen LogP contribution in [0.5, 0.6) is 5.75 Å². The van der Waals surface area contributed by atoms with E-state index in [4.69, 9.17) is 15.2 Å². The molecule has 0 aromatic heterocycles. The minimum Gasteiger partial charge on any atom is -0.484 e. The maximum absolute atomic E-state index is 11.9. The molecule has 0 radical (unpaired) electrons. The molecule has 0 aliphatic rings. The number of carbonyl (C=O) groups excluding carboxylic acids is 3. The Kier molecular flexibility index (Phi) is 6.06. The highest BCUT2D eigenvalue weighted by Gasteiger charge is 2.33. The van der Waals surface area contributed by atoms with Gasteiger partial charge in [0.05, 0.1) is 6.61 Å². The van der Waals surface area contributed by atoms with Gasteiger partial charge in [0.15, 0.2) is 12.4 Å². The minimum absolute atomic E-state index is 0.0477. The Morgan fingerprint density at radius 2 is 2.00 bits per heavy atom. The molecule has 1 aromatic rings. The number of benzene rings is 1. The van der Waals surface area contributed by atoms with Crippen LogP contribution >= 0.6 is 0 Å². The van der Waals surface area contributed by atoms with Crippen molar-refractivity contribution in [2.45, 2.75) is 19.4 Å². The number of hydrogen-bond donors (Lipinski definition) is 2. The first-order chi connectivity index (χ1) is 10.3. The zero-order valence-electron chi connectivity index (χ0n) is 12.8. The fraction of sp³-hybridized carbons (Fsp3) is 0.400. The third kappa shape index (κ3) is 4.85. The van der Waals surface area contributed by atoms with Crippen molar-refractivity contribution in [3.05, 3.63) is 29.8 Å². The molecular formula is C15H20N2O5. The van der Waals surface area contributed by atoms with Crippen LogP contribution in [0, 0.1) is 0 Å². The fourth-order valence-electron chi connectivity index (χ4n) is 1.76. The molecule has 0 saturated heterocycles. The molecule has 1 aromatic carbocycles. The van der Waals surface area contributed by atoms with E-state index in [1.807, 2.05) is 0 Å². The lowest BCUT2D eigenvalue weighted by atomic mass is 10.0. The maximum atomic E-state index is 11.9. The number of amides is 2. The van der Waals surface area contributed by atoms with Crippen molar-refractivity contribution < 1.29 is 23.9 Å². The highest BCUT2D eigenvalue weighted by Crippen LogP contribution is 2.13. The molecule has 0 aliphatic heterocycles. The van der Waals surface area contributed by atoms with Gasteiger partial charge in [0, 0.05) is 12.7 Å². The average Bonchev–Trinajstić information content (AvgIpc) is 2.45. The van der Waals surface area contributed by atoms with E-state index in [9.17, 15) is 14.4 Å². The van der Waals surface area contributed by atoms with Crippen molar-refractivity contribution in [3.63, 3.8) is 0 Å². The summed E-state index contributed by atoms with van der Waals surface area (Å²) in [6, 6.07) is 6.47. The van der Waals surface area contributed by atoms with Gasteiger partial charge in [-0.25, -0.2) is 0 Å². The number of ether oxygens (including phenoxy) is 2. The summed E-state index contributed by atoms with van der Waals surface area (Å²) in [6.07, 6.45) is 0. The number of methoxy groups -OCH3 is 1. The van der Waals surface area contributed by atoms with E-state index in [0.29, 0.717) is 11.3 Å². The third-order valence-corrected chi connectivity index (χ3v) is 3.00. The van der Waals surface area contributed by atoms with Crippen molar-refractivity contribution in [2.24, 2.45) is 5.73 Å². The first kappa shape index (κ1) is 17.6. The predicted molar refractivity (Wildman–Crippen MR) is 79.6 cm³/mol. The van der Waals surface area contributed by atoms with Gasteiger partial charge in [0.1, 0.15) is 11.3 Å². The maximum Gasteiger partial charge on any atom is 0.258 e. The molecule has 0 fully saturated rings. The zero-order valence-corrected chi connectivity index (χ0v) is 12.8. The van der Waals surface area contributed by atoms with Crippen molar-refractivity contribution >= 4 is 17.6 Å². The van der Waals surface area contributed by atoms with Gasteiger partial charge in [0.25, 0.3) is 5.91 Å². The van der Waals surface area contributed by atoms with E-state index in [1.165, 1.54) is 27.0 Å². The van der Waals surface area contributed by atoms with E-state index < -0.39 is 17.4 Å². The Labute approximate surface area is 128 Å². The molecule has 0 bridgehead atoms. The molecule has 2 amide bonds. The monoisotopic (exact) mass is 308 g/mol. The fourth-order valence-corrected chi connectivity index (χ4v) is 1.76. The predicted octanol–water partition coefficient (Wildman–Crippen LogP) is 0.275. The SMILES string of the molecule is COC[C@](C)(NC(=O)COc1cccc(C(C)=O)c1)C(N)=O. The van der Waals surface area contributed by atoms with E-state index in [-0.39, 0.29) is 19.0 Å². The number of primary amides is 1. The van der Waals surface area contributed by atoms with E-state index in [0.717, 1.165) is 0 Å². The summed E-state index contributed by atoms with van der Waals surface area (Å²) < 4.78 is 10.2. The molecule has 1 rings (SSSR count). The van der Waals surface area contributed by atoms with E-state index in [1.54, 1.807) is 18.2 Å². The smallest absolute Gasteiger partial charge is 0.258 e. The summed E-state index contributed by atoms with van der Waals surface area (Å²) >= 11 is 0. The number of nitrogens with two attached hydrogens (primary N) is 1. The van der Waals surface area contributed by atoms with Gasteiger partial charge in [-0.1, -0.05) is 12.1 Å². The topological polar surface area (TPSA) is 108 Å². The Bertz CT molecular complexity index is 573. The summed E-state index contributed by atoms with van der Waals surface area (Å²) in [5.74, 6) is -0.945. The highest BCUT2D eigenvalue weighted by molar-refractivity contribution is 5.94. The van der Waals surface area contributed by atoms with Gasteiger partial charge in [0.2, 0.25) is 5.91 Å². The Hall–Kier alpha value is -2.41. The molecule has 0 unspecified atom stereocenters. The van der Waals surface area contributed by atoms with Crippen LogP contribution in [0.4, 0.5) is 0 Å². The second-order valence-corrected chi connectivity index (χ2v) is 5.05. The van der Waals surface area contributed by atoms with Crippen molar-refractivity contribution in [2.75, 3.05) is 20.3 Å². The van der Waals surface area contributed by atoms with Crippen LogP contribution in [-0.2, 0) is 14.3 Å². The van der Waals surface area contributed by atoms with Crippen LogP contribution in [0.2, 0.25) is 0 Å². The molecule has 0 heterocycles. The minimum atomic E-state index is -1.31. The summed E-state index contributed by atoms with van der Waals surface area (Å²) in [4.78, 5) is 34.5. The van der Waals surface area contributed by atoms with Crippen LogP contribution in [0.25, 0.3) is 0 Å². The summed E-state index contributed by atoms with van der Waals surface area (Å²) in [5, 5.41) is 2.47. The molecule has 0 saturated carbocycles. The summed E-state index contributed by atoms with van der Waals surface area (Å²) in [6.45, 7) is 2.55. The molecule has 22 heavy (non-hydrogen) atoms. The van der Waals surface area contributed by atoms with Crippen LogP contribution in [0.15, 0.2) is 24.3 Å². The van der Waals surface area contributed by atoms with Gasteiger partial charge >= 0.3 is 0 Å². The zero-order chi connectivity index (χ0) is 16.8. The van der Waals surface area contributed by atoms with Gasteiger partial charge < -0.3 is 20.5 Å². The van der Waals surface area contributed by atoms with Crippen LogP contribution in [0.1, 0.15) is 24.2 Å². The summed E-state index contributed by atoms with van der Waals surface area (Å²) in [7, 11) is 1.40. The molecule has 7 heteroatoms. The van der Waals surface area contributed by atoms with E-state index >= 15 is 0 Å². The van der Waals surface area contributed by atoms with Crippen molar-refractivity contribution in [3.8, 4) is 5.75 Å². The number of hydrogen-bond acceptors (Lipinski definition) is 5. The Morgan fingerprint density at radius 1 is 1.32 bits per heavy atom. The normalized spacial score (nSPS) is 13.0. The van der Waals surface area contributed by atoms with Crippen LogP contribution in [-0.4, -0.2) is 43.5 Å². The second kappa shape index (κ2) is 7.56.